The summed E-state index contributed by atoms with van der Waals surface area (Å²) in [5.74, 6) is 0.527. The fraction of sp³-hybridized carbons (Fsp3) is 0.500. The number of ether oxygens (including phenoxy) is 1. The number of rotatable bonds is 4. The third-order valence-corrected chi connectivity index (χ3v) is 4.61. The fourth-order valence-electron chi connectivity index (χ4n) is 2.91. The molecule has 0 aliphatic heterocycles. The zero-order chi connectivity index (χ0) is 15.3. The number of thiocarbonyl (C=S) groups is 1. The van der Waals surface area contributed by atoms with E-state index >= 15 is 0 Å². The van der Waals surface area contributed by atoms with Crippen molar-refractivity contribution in [2.45, 2.75) is 38.5 Å². The third kappa shape index (κ3) is 3.35. The second-order valence-electron chi connectivity index (χ2n) is 5.51. The topological polar surface area (TPSA) is 64.3 Å². The summed E-state index contributed by atoms with van der Waals surface area (Å²) in [6.07, 6.45) is 5.68. The lowest BCUT2D eigenvalue weighted by atomic mass is 9.79. The minimum atomic E-state index is -0.729. The Morgan fingerprint density at radius 1 is 1.24 bits per heavy atom. The van der Waals surface area contributed by atoms with Crippen molar-refractivity contribution in [3.63, 3.8) is 0 Å². The van der Waals surface area contributed by atoms with Crippen molar-refractivity contribution < 1.29 is 9.53 Å². The van der Waals surface area contributed by atoms with E-state index in [0.717, 1.165) is 38.5 Å². The summed E-state index contributed by atoms with van der Waals surface area (Å²) in [6, 6.07) is 7.36. The molecule has 1 aliphatic rings. The highest BCUT2D eigenvalue weighted by Gasteiger charge is 2.41. The lowest BCUT2D eigenvalue weighted by Gasteiger charge is -2.30. The number of hydrogen-bond acceptors (Lipinski definition) is 3. The number of nitrogens with two attached hydrogens (primary N) is 1. The van der Waals surface area contributed by atoms with E-state index in [-0.39, 0.29) is 5.91 Å². The van der Waals surface area contributed by atoms with Crippen LogP contribution in [-0.2, 0) is 4.79 Å². The van der Waals surface area contributed by atoms with Crippen LogP contribution in [0.2, 0.25) is 0 Å². The molecule has 0 unspecified atom stereocenters. The molecule has 1 aliphatic carbocycles. The van der Waals surface area contributed by atoms with Gasteiger partial charge in [-0.2, -0.15) is 0 Å². The van der Waals surface area contributed by atoms with E-state index in [0.29, 0.717) is 16.4 Å². The molecule has 0 atom stereocenters. The summed E-state index contributed by atoms with van der Waals surface area (Å²) in [5, 5.41) is 2.95. The Bertz CT molecular complexity index is 523. The lowest BCUT2D eigenvalue weighted by molar-refractivity contribution is -0.122. The molecule has 21 heavy (non-hydrogen) atoms. The quantitative estimate of drug-likeness (QED) is 0.662. The van der Waals surface area contributed by atoms with Crippen LogP contribution in [0.3, 0.4) is 0 Å². The number of carbonyl (C=O) groups is 1. The Labute approximate surface area is 131 Å². The zero-order valence-corrected chi connectivity index (χ0v) is 13.2. The molecule has 4 nitrogen and oxygen atoms in total. The number of carbonyl (C=O) groups excluding carboxylic acids is 1. The van der Waals surface area contributed by atoms with Gasteiger partial charge in [-0.25, -0.2) is 0 Å². The first-order valence-corrected chi connectivity index (χ1v) is 7.75. The first kappa shape index (κ1) is 15.8. The van der Waals surface area contributed by atoms with Gasteiger partial charge >= 0.3 is 0 Å². The summed E-state index contributed by atoms with van der Waals surface area (Å²) in [7, 11) is 1.58. The first-order chi connectivity index (χ1) is 10.1. The van der Waals surface area contributed by atoms with Gasteiger partial charge in [-0.15, -0.1) is 0 Å². The highest BCUT2D eigenvalue weighted by Crippen LogP contribution is 2.37. The highest BCUT2D eigenvalue weighted by atomic mass is 32.1. The Morgan fingerprint density at radius 3 is 2.43 bits per heavy atom. The normalized spacial score (nSPS) is 17.6. The van der Waals surface area contributed by atoms with Crippen LogP contribution >= 0.6 is 12.2 Å². The van der Waals surface area contributed by atoms with Crippen molar-refractivity contribution in [1.29, 1.82) is 0 Å². The van der Waals surface area contributed by atoms with E-state index in [1.54, 1.807) is 7.11 Å². The average molecular weight is 306 g/mol. The minimum absolute atomic E-state index is 0.110. The van der Waals surface area contributed by atoms with Gasteiger partial charge in [0.05, 0.1) is 23.2 Å². The van der Waals surface area contributed by atoms with E-state index in [2.05, 4.69) is 5.32 Å². The van der Waals surface area contributed by atoms with Crippen LogP contribution in [0.25, 0.3) is 0 Å². The van der Waals surface area contributed by atoms with E-state index in [9.17, 15) is 4.79 Å². The third-order valence-electron chi connectivity index (χ3n) is 4.22. The maximum atomic E-state index is 12.8. The molecular formula is C16H22N2O2S. The van der Waals surface area contributed by atoms with Crippen LogP contribution in [0, 0.1) is 5.41 Å². The van der Waals surface area contributed by atoms with Crippen LogP contribution in [-0.4, -0.2) is 18.0 Å². The smallest absolute Gasteiger partial charge is 0.237 e. The van der Waals surface area contributed by atoms with E-state index in [1.807, 2.05) is 24.3 Å². The predicted octanol–water partition coefficient (Wildman–Crippen LogP) is 3.26. The minimum Gasteiger partial charge on any atom is -0.495 e. The second-order valence-corrected chi connectivity index (χ2v) is 5.95. The monoisotopic (exact) mass is 306 g/mol. The van der Waals surface area contributed by atoms with Crippen LogP contribution in [0.5, 0.6) is 5.75 Å². The summed E-state index contributed by atoms with van der Waals surface area (Å²) in [6.45, 7) is 0. The van der Waals surface area contributed by atoms with Crippen molar-refractivity contribution in [3.05, 3.63) is 24.3 Å². The molecule has 0 radical (unpaired) electrons. The maximum Gasteiger partial charge on any atom is 0.237 e. The van der Waals surface area contributed by atoms with Gasteiger partial charge in [0, 0.05) is 0 Å². The standard InChI is InChI=1S/C16H22N2O2S/c1-20-13-9-5-4-8-12(13)18-15(19)16(14(17)21)10-6-2-3-7-11-16/h4-5,8-9H,2-3,6-7,10-11H2,1H3,(H2,17,21)(H,18,19). The van der Waals surface area contributed by atoms with Gasteiger partial charge in [0.25, 0.3) is 0 Å². The largest absolute Gasteiger partial charge is 0.495 e. The Hall–Kier alpha value is -1.62. The number of anilines is 1. The summed E-state index contributed by atoms with van der Waals surface area (Å²) >= 11 is 5.23. The van der Waals surface area contributed by atoms with Crippen molar-refractivity contribution in [2.75, 3.05) is 12.4 Å². The Kier molecular flexibility index (Phi) is 5.17. The van der Waals surface area contributed by atoms with Crippen LogP contribution < -0.4 is 15.8 Å². The van der Waals surface area contributed by atoms with Gasteiger partial charge in [0.15, 0.2) is 0 Å². The number of methoxy groups -OCH3 is 1. The second kappa shape index (κ2) is 6.89. The molecular weight excluding hydrogens is 284 g/mol. The molecule has 5 heteroatoms. The molecule has 1 aromatic carbocycles. The van der Waals surface area contributed by atoms with Gasteiger partial charge in [-0.3, -0.25) is 4.79 Å². The highest BCUT2D eigenvalue weighted by molar-refractivity contribution is 7.80. The Balaban J connectivity index is 2.25. The van der Waals surface area contributed by atoms with E-state index in [1.165, 1.54) is 0 Å². The van der Waals surface area contributed by atoms with Crippen molar-refractivity contribution in [1.82, 2.24) is 0 Å². The molecule has 0 saturated heterocycles. The van der Waals surface area contributed by atoms with E-state index in [4.69, 9.17) is 22.7 Å². The molecule has 1 fully saturated rings. The number of hydrogen-bond donors (Lipinski definition) is 2. The van der Waals surface area contributed by atoms with E-state index < -0.39 is 5.41 Å². The van der Waals surface area contributed by atoms with Gasteiger partial charge < -0.3 is 15.8 Å². The fourth-order valence-corrected chi connectivity index (χ4v) is 3.20. The predicted molar refractivity (Wildman–Crippen MR) is 88.5 cm³/mol. The van der Waals surface area contributed by atoms with Crippen LogP contribution in [0.4, 0.5) is 5.69 Å². The molecule has 3 N–H and O–H groups in total. The Morgan fingerprint density at radius 2 is 1.86 bits per heavy atom. The molecule has 0 heterocycles. The molecule has 1 aromatic rings. The number of benzene rings is 1. The SMILES string of the molecule is COc1ccccc1NC(=O)C1(C(N)=S)CCCCCC1. The molecule has 1 saturated carbocycles. The first-order valence-electron chi connectivity index (χ1n) is 7.34. The lowest BCUT2D eigenvalue weighted by Crippen LogP contribution is -2.45. The van der Waals surface area contributed by atoms with Crippen LogP contribution in [0.1, 0.15) is 38.5 Å². The molecule has 0 spiro atoms. The van der Waals surface area contributed by atoms with Crippen molar-refractivity contribution >= 4 is 28.8 Å². The maximum absolute atomic E-state index is 12.8. The van der Waals surface area contributed by atoms with Crippen molar-refractivity contribution in [2.24, 2.45) is 11.1 Å². The van der Waals surface area contributed by atoms with Gasteiger partial charge in [-0.05, 0) is 25.0 Å². The molecule has 114 valence electrons. The number of amides is 1. The summed E-state index contributed by atoms with van der Waals surface area (Å²) < 4.78 is 5.27. The van der Waals surface area contributed by atoms with Gasteiger partial charge in [0.2, 0.25) is 5.91 Å². The zero-order valence-electron chi connectivity index (χ0n) is 12.4. The van der Waals surface area contributed by atoms with Crippen LogP contribution in [0.15, 0.2) is 24.3 Å². The molecule has 0 bridgehead atoms. The molecule has 0 aromatic heterocycles. The van der Waals surface area contributed by atoms with Crippen molar-refractivity contribution in [3.8, 4) is 5.75 Å². The average Bonchev–Trinajstić information content (AvgIpc) is 2.74. The summed E-state index contributed by atoms with van der Waals surface area (Å²) in [5.41, 5.74) is 5.86. The number of para-hydroxylation sites is 2. The van der Waals surface area contributed by atoms with Gasteiger partial charge in [-0.1, -0.05) is 50.0 Å². The number of nitrogens with one attached hydrogen (secondary N) is 1. The van der Waals surface area contributed by atoms with Gasteiger partial charge in [0.1, 0.15) is 5.75 Å². The molecule has 2 rings (SSSR count). The summed E-state index contributed by atoms with van der Waals surface area (Å²) in [4.78, 5) is 13.1. The molecule has 1 amide bonds.